The number of para-hydroxylation sites is 2. The summed E-state index contributed by atoms with van der Waals surface area (Å²) in [6, 6.07) is 7.84. The number of nitrogens with one attached hydrogen (secondary N) is 2. The molecule has 1 heterocycles. The van der Waals surface area contributed by atoms with Gasteiger partial charge in [0.05, 0.1) is 17.4 Å². The van der Waals surface area contributed by atoms with Gasteiger partial charge in [0.25, 0.3) is 0 Å². The fourth-order valence-corrected chi connectivity index (χ4v) is 2.56. The average Bonchev–Trinajstić information content (AvgIpc) is 3.26. The first-order chi connectivity index (χ1) is 11.3. The van der Waals surface area contributed by atoms with Crippen molar-refractivity contribution < 1.29 is 14.3 Å². The second-order valence-corrected chi connectivity index (χ2v) is 7.54. The first kappa shape index (κ1) is 16.6. The number of rotatable bonds is 4. The predicted octanol–water partition coefficient (Wildman–Crippen LogP) is 3.07. The Morgan fingerprint density at radius 3 is 2.33 bits per heavy atom. The van der Waals surface area contributed by atoms with Gasteiger partial charge in [-0.2, -0.15) is 0 Å². The Bertz CT molecular complexity index is 629. The Kier molecular flexibility index (Phi) is 4.39. The van der Waals surface area contributed by atoms with Crippen molar-refractivity contribution in [3.8, 4) is 0 Å². The molecule has 2 aliphatic rings. The van der Waals surface area contributed by atoms with Crippen molar-refractivity contribution >= 4 is 23.4 Å². The monoisotopic (exact) mass is 331 g/mol. The lowest BCUT2D eigenvalue weighted by atomic mass is 10.1. The molecule has 2 N–H and O–H groups in total. The molecule has 3 rings (SSSR count). The number of ether oxygens (including phenoxy) is 1. The van der Waals surface area contributed by atoms with E-state index in [1.165, 1.54) is 0 Å². The third-order valence-corrected chi connectivity index (χ3v) is 4.03. The number of amides is 2. The lowest BCUT2D eigenvalue weighted by molar-refractivity contribution is -0.117. The van der Waals surface area contributed by atoms with Gasteiger partial charge in [-0.05, 0) is 45.7 Å². The standard InChI is InChI=1S/C18H25N3O3/c1-18(2,3)24-17(23)21-10-13(11-21)19-14-6-4-5-7-15(14)20-16(22)12-8-9-12/h4-7,12-13,19H,8-11H2,1-3H3,(H,20,22). The summed E-state index contributed by atoms with van der Waals surface area (Å²) >= 11 is 0. The minimum atomic E-state index is -0.477. The van der Waals surface area contributed by atoms with Crippen molar-refractivity contribution in [3.05, 3.63) is 24.3 Å². The number of carbonyl (C=O) groups excluding carboxylic acids is 2. The van der Waals surface area contributed by atoms with Crippen molar-refractivity contribution in [2.45, 2.75) is 45.3 Å². The van der Waals surface area contributed by atoms with E-state index in [1.807, 2.05) is 45.0 Å². The molecule has 1 aliphatic heterocycles. The largest absolute Gasteiger partial charge is 0.444 e. The zero-order chi connectivity index (χ0) is 17.3. The van der Waals surface area contributed by atoms with Crippen LogP contribution in [0.3, 0.4) is 0 Å². The fourth-order valence-electron chi connectivity index (χ4n) is 2.56. The van der Waals surface area contributed by atoms with Gasteiger partial charge < -0.3 is 20.3 Å². The molecule has 0 spiro atoms. The van der Waals surface area contributed by atoms with Gasteiger partial charge in [0.2, 0.25) is 5.91 Å². The van der Waals surface area contributed by atoms with Crippen LogP contribution < -0.4 is 10.6 Å². The summed E-state index contributed by atoms with van der Waals surface area (Å²) in [6.07, 6.45) is 1.68. The third-order valence-electron chi connectivity index (χ3n) is 4.03. The molecule has 0 atom stereocenters. The molecule has 0 unspecified atom stereocenters. The highest BCUT2D eigenvalue weighted by Gasteiger charge is 2.34. The van der Waals surface area contributed by atoms with Crippen LogP contribution in [0, 0.1) is 5.92 Å². The average molecular weight is 331 g/mol. The number of anilines is 2. The van der Waals surface area contributed by atoms with E-state index in [0.717, 1.165) is 24.2 Å². The maximum absolute atomic E-state index is 12.0. The summed E-state index contributed by atoms with van der Waals surface area (Å²) in [5.41, 5.74) is 1.21. The van der Waals surface area contributed by atoms with E-state index >= 15 is 0 Å². The molecule has 130 valence electrons. The van der Waals surface area contributed by atoms with Crippen molar-refractivity contribution in [1.29, 1.82) is 0 Å². The van der Waals surface area contributed by atoms with Crippen LogP contribution in [0.25, 0.3) is 0 Å². The molecule has 2 fully saturated rings. The summed E-state index contributed by atoms with van der Waals surface area (Å²) in [4.78, 5) is 25.6. The number of nitrogens with zero attached hydrogens (tertiary/aromatic N) is 1. The van der Waals surface area contributed by atoms with Crippen molar-refractivity contribution in [1.82, 2.24) is 4.90 Å². The van der Waals surface area contributed by atoms with Crippen molar-refractivity contribution in [2.24, 2.45) is 5.92 Å². The van der Waals surface area contributed by atoms with E-state index in [9.17, 15) is 9.59 Å². The Hall–Kier alpha value is -2.24. The second kappa shape index (κ2) is 6.34. The summed E-state index contributed by atoms with van der Waals surface area (Å²) < 4.78 is 5.35. The van der Waals surface area contributed by atoms with Crippen LogP contribution in [-0.2, 0) is 9.53 Å². The lowest BCUT2D eigenvalue weighted by Gasteiger charge is -2.40. The van der Waals surface area contributed by atoms with Gasteiger partial charge in [-0.1, -0.05) is 12.1 Å². The van der Waals surface area contributed by atoms with E-state index in [2.05, 4.69) is 10.6 Å². The Morgan fingerprint density at radius 1 is 1.12 bits per heavy atom. The van der Waals surface area contributed by atoms with Gasteiger partial charge in [0, 0.05) is 19.0 Å². The molecule has 1 aliphatic carbocycles. The molecule has 6 nitrogen and oxygen atoms in total. The normalized spacial score (nSPS) is 17.9. The van der Waals surface area contributed by atoms with Crippen LogP contribution in [-0.4, -0.2) is 41.6 Å². The minimum Gasteiger partial charge on any atom is -0.444 e. The zero-order valence-corrected chi connectivity index (χ0v) is 14.5. The van der Waals surface area contributed by atoms with Gasteiger partial charge in [0.1, 0.15) is 5.60 Å². The topological polar surface area (TPSA) is 70.7 Å². The Labute approximate surface area is 142 Å². The number of carbonyl (C=O) groups is 2. The Balaban J connectivity index is 1.52. The van der Waals surface area contributed by atoms with E-state index < -0.39 is 5.60 Å². The van der Waals surface area contributed by atoms with E-state index in [0.29, 0.717) is 13.1 Å². The molecule has 0 bridgehead atoms. The number of likely N-dealkylation sites (tertiary alicyclic amines) is 1. The first-order valence-electron chi connectivity index (χ1n) is 8.46. The highest BCUT2D eigenvalue weighted by atomic mass is 16.6. The summed E-state index contributed by atoms with van der Waals surface area (Å²) in [6.45, 7) is 6.78. The van der Waals surface area contributed by atoms with Crippen molar-refractivity contribution in [3.63, 3.8) is 0 Å². The maximum atomic E-state index is 12.0. The molecule has 0 aromatic heterocycles. The molecular weight excluding hydrogens is 306 g/mol. The van der Waals surface area contributed by atoms with E-state index in [1.54, 1.807) is 4.90 Å². The van der Waals surface area contributed by atoms with Crippen molar-refractivity contribution in [2.75, 3.05) is 23.7 Å². The number of hydrogen-bond acceptors (Lipinski definition) is 4. The van der Waals surface area contributed by atoms with E-state index in [4.69, 9.17) is 4.74 Å². The number of benzene rings is 1. The van der Waals surface area contributed by atoms with Crippen LogP contribution >= 0.6 is 0 Å². The summed E-state index contributed by atoms with van der Waals surface area (Å²) in [7, 11) is 0. The number of hydrogen-bond donors (Lipinski definition) is 2. The molecule has 1 aromatic carbocycles. The molecule has 1 saturated heterocycles. The summed E-state index contributed by atoms with van der Waals surface area (Å²) in [5, 5.41) is 6.38. The summed E-state index contributed by atoms with van der Waals surface area (Å²) in [5.74, 6) is 0.262. The van der Waals surface area contributed by atoms with Crippen LogP contribution in [0.4, 0.5) is 16.2 Å². The third kappa shape index (κ3) is 4.19. The van der Waals surface area contributed by atoms with Crippen LogP contribution in [0.1, 0.15) is 33.6 Å². The van der Waals surface area contributed by atoms with Gasteiger partial charge in [-0.25, -0.2) is 4.79 Å². The quantitative estimate of drug-likeness (QED) is 0.889. The molecule has 0 radical (unpaired) electrons. The molecule has 2 amide bonds. The molecule has 6 heteroatoms. The van der Waals surface area contributed by atoms with Crippen LogP contribution in [0.15, 0.2) is 24.3 Å². The SMILES string of the molecule is CC(C)(C)OC(=O)N1CC(Nc2ccccc2NC(=O)C2CC2)C1. The van der Waals surface area contributed by atoms with Gasteiger partial charge in [0.15, 0.2) is 0 Å². The smallest absolute Gasteiger partial charge is 0.410 e. The predicted molar refractivity (Wildman–Crippen MR) is 93.0 cm³/mol. The minimum absolute atomic E-state index is 0.0910. The fraction of sp³-hybridized carbons (Fsp3) is 0.556. The molecule has 1 aromatic rings. The first-order valence-corrected chi connectivity index (χ1v) is 8.46. The highest BCUT2D eigenvalue weighted by molar-refractivity contribution is 5.96. The van der Waals surface area contributed by atoms with Gasteiger partial charge >= 0.3 is 6.09 Å². The van der Waals surface area contributed by atoms with Gasteiger partial charge in [-0.3, -0.25) is 4.79 Å². The highest BCUT2D eigenvalue weighted by Crippen LogP contribution is 2.32. The maximum Gasteiger partial charge on any atom is 0.410 e. The Morgan fingerprint density at radius 2 is 1.75 bits per heavy atom. The second-order valence-electron chi connectivity index (χ2n) is 7.54. The van der Waals surface area contributed by atoms with Gasteiger partial charge in [-0.15, -0.1) is 0 Å². The van der Waals surface area contributed by atoms with E-state index in [-0.39, 0.29) is 24.0 Å². The zero-order valence-electron chi connectivity index (χ0n) is 14.5. The van der Waals surface area contributed by atoms with Crippen LogP contribution in [0.2, 0.25) is 0 Å². The molecule has 24 heavy (non-hydrogen) atoms. The van der Waals surface area contributed by atoms with Crippen LogP contribution in [0.5, 0.6) is 0 Å². The lowest BCUT2D eigenvalue weighted by Crippen LogP contribution is -2.58. The molecule has 1 saturated carbocycles. The molecular formula is C18H25N3O3.